The molecule has 0 N–H and O–H groups in total. The van der Waals surface area contributed by atoms with Crippen molar-refractivity contribution in [3.8, 4) is 33.6 Å². The van der Waals surface area contributed by atoms with Crippen LogP contribution in [0.2, 0.25) is 0 Å². The van der Waals surface area contributed by atoms with E-state index in [1.807, 2.05) is 55.7 Å². The second kappa shape index (κ2) is 13.8. The van der Waals surface area contributed by atoms with E-state index in [0.29, 0.717) is 0 Å². The van der Waals surface area contributed by atoms with Crippen molar-refractivity contribution < 1.29 is 24.5 Å². The molecule has 0 saturated heterocycles. The first-order valence-corrected chi connectivity index (χ1v) is 17.1. The van der Waals surface area contributed by atoms with Gasteiger partial charge in [0.05, 0.1) is 5.58 Å². The van der Waals surface area contributed by atoms with E-state index >= 15 is 0 Å². The van der Waals surface area contributed by atoms with E-state index in [-0.39, 0.29) is 25.5 Å². The standard InChI is InChI=1S/C32H28NOS.C12H10N.Ir/c1-18-9-7-10-19(2)30(18)25-15-27(33-17-26(25)32(4,5)6)23-12-8-11-22-24-14-21-13-20(3)35-29(21)16-28(24)34-31(22)23;1-10-7-8-12(13-9-10)11-5-3-2-4-6-11;/h7-11,13-17H,1-6H3;2-5,7-9H,1H3;/q2*-1;. The predicted molar refractivity (Wildman–Crippen MR) is 203 cm³/mol. The van der Waals surface area contributed by atoms with Crippen molar-refractivity contribution in [2.45, 2.75) is 53.9 Å². The molecule has 4 aromatic carbocycles. The molecule has 1 radical (unpaired) electrons. The summed E-state index contributed by atoms with van der Waals surface area (Å²) in [5, 5.41) is 3.51. The molecule has 8 aromatic rings. The van der Waals surface area contributed by atoms with Crippen LogP contribution in [-0.4, -0.2) is 9.97 Å². The Balaban J connectivity index is 0.000000250. The Hall–Kier alpha value is -4.41. The van der Waals surface area contributed by atoms with Crippen LogP contribution in [0.4, 0.5) is 0 Å². The molecule has 0 amide bonds. The molecular formula is C44H38IrN2OS-2. The maximum Gasteiger partial charge on any atom is 0.122 e. The second-order valence-electron chi connectivity index (χ2n) is 13.6. The van der Waals surface area contributed by atoms with E-state index < -0.39 is 0 Å². The Labute approximate surface area is 306 Å². The Morgan fingerprint density at radius 1 is 0.714 bits per heavy atom. The number of aromatic nitrogens is 2. The molecular weight excluding hydrogens is 797 g/mol. The van der Waals surface area contributed by atoms with Crippen molar-refractivity contribution in [3.63, 3.8) is 0 Å². The van der Waals surface area contributed by atoms with Crippen LogP contribution in [0.1, 0.15) is 47.9 Å². The van der Waals surface area contributed by atoms with E-state index in [9.17, 15) is 0 Å². The van der Waals surface area contributed by atoms with Crippen LogP contribution in [-0.2, 0) is 25.5 Å². The van der Waals surface area contributed by atoms with Gasteiger partial charge in [-0.1, -0.05) is 68.1 Å². The fourth-order valence-electron chi connectivity index (χ4n) is 6.41. The van der Waals surface area contributed by atoms with Gasteiger partial charge in [0.15, 0.2) is 0 Å². The molecule has 49 heavy (non-hydrogen) atoms. The minimum Gasteiger partial charge on any atom is -0.501 e. The largest absolute Gasteiger partial charge is 0.501 e. The van der Waals surface area contributed by atoms with E-state index in [2.05, 4.69) is 113 Å². The Bertz CT molecular complexity index is 2400. The number of thiophene rings is 1. The summed E-state index contributed by atoms with van der Waals surface area (Å²) in [6.07, 6.45) is 3.92. The van der Waals surface area contributed by atoms with Crippen LogP contribution in [0.15, 0.2) is 108 Å². The fourth-order valence-corrected chi connectivity index (χ4v) is 7.35. The maximum absolute atomic E-state index is 6.48. The third-order valence-corrected chi connectivity index (χ3v) is 9.82. The van der Waals surface area contributed by atoms with E-state index in [1.54, 1.807) is 11.3 Å². The number of benzene rings is 4. The van der Waals surface area contributed by atoms with Crippen molar-refractivity contribution in [2.75, 3.05) is 0 Å². The number of aryl methyl sites for hydroxylation is 4. The molecule has 0 bridgehead atoms. The quantitative estimate of drug-likeness (QED) is 0.166. The van der Waals surface area contributed by atoms with Crippen LogP contribution in [0.25, 0.3) is 65.7 Å². The van der Waals surface area contributed by atoms with Gasteiger partial charge in [0, 0.05) is 47.5 Å². The van der Waals surface area contributed by atoms with Gasteiger partial charge in [0.1, 0.15) is 5.58 Å². The Morgan fingerprint density at radius 3 is 2.18 bits per heavy atom. The van der Waals surface area contributed by atoms with E-state index in [4.69, 9.17) is 9.40 Å². The van der Waals surface area contributed by atoms with Gasteiger partial charge in [0.25, 0.3) is 0 Å². The number of hydrogen-bond acceptors (Lipinski definition) is 4. The molecule has 8 rings (SSSR count). The molecule has 0 aliphatic heterocycles. The number of fused-ring (bicyclic) bond motifs is 4. The van der Waals surface area contributed by atoms with Gasteiger partial charge in [0.2, 0.25) is 0 Å². The summed E-state index contributed by atoms with van der Waals surface area (Å²) in [5.74, 6) is 0. The van der Waals surface area contributed by atoms with Crippen LogP contribution in [0, 0.1) is 39.8 Å². The first-order valence-electron chi connectivity index (χ1n) is 16.3. The van der Waals surface area contributed by atoms with Crippen molar-refractivity contribution in [1.82, 2.24) is 9.97 Å². The molecule has 0 unspecified atom stereocenters. The third kappa shape index (κ3) is 6.89. The average Bonchev–Trinajstić information content (AvgIpc) is 3.62. The Morgan fingerprint density at radius 2 is 1.49 bits per heavy atom. The molecule has 0 spiro atoms. The summed E-state index contributed by atoms with van der Waals surface area (Å²) < 4.78 is 7.74. The molecule has 5 heteroatoms. The molecule has 0 aliphatic rings. The van der Waals surface area contributed by atoms with Crippen molar-refractivity contribution in [3.05, 3.63) is 143 Å². The summed E-state index contributed by atoms with van der Waals surface area (Å²) in [4.78, 5) is 10.6. The summed E-state index contributed by atoms with van der Waals surface area (Å²) in [6.45, 7) is 15.3. The zero-order valence-electron chi connectivity index (χ0n) is 28.9. The van der Waals surface area contributed by atoms with Crippen LogP contribution in [0.3, 0.4) is 0 Å². The first-order chi connectivity index (χ1) is 23.1. The topological polar surface area (TPSA) is 38.9 Å². The molecule has 0 fully saturated rings. The van der Waals surface area contributed by atoms with Gasteiger partial charge in [-0.3, -0.25) is 0 Å². The van der Waals surface area contributed by atoms with Crippen LogP contribution in [0.5, 0.6) is 0 Å². The van der Waals surface area contributed by atoms with Crippen molar-refractivity contribution in [2.24, 2.45) is 0 Å². The second-order valence-corrected chi connectivity index (χ2v) is 14.9. The number of pyridine rings is 2. The summed E-state index contributed by atoms with van der Waals surface area (Å²) in [6, 6.07) is 38.0. The number of hydrogen-bond donors (Lipinski definition) is 0. The minimum atomic E-state index is -0.0332. The SMILES string of the molecule is Cc1cc2cc3c(cc2s1)oc1c(-c2cc(-c4c(C)cccc4C)c(C(C)(C)C)cn2)[c-]ccc13.Cc1ccc(-c2[c-]cccc2)nc1.[Ir]. The maximum atomic E-state index is 6.48. The third-order valence-electron chi connectivity index (χ3n) is 8.81. The molecule has 0 atom stereocenters. The van der Waals surface area contributed by atoms with E-state index in [0.717, 1.165) is 44.5 Å². The molecule has 0 aliphatic carbocycles. The summed E-state index contributed by atoms with van der Waals surface area (Å²) in [7, 11) is 0. The molecule has 0 saturated carbocycles. The van der Waals surface area contributed by atoms with Crippen molar-refractivity contribution >= 4 is 43.4 Å². The van der Waals surface area contributed by atoms with Gasteiger partial charge < -0.3 is 14.4 Å². The van der Waals surface area contributed by atoms with Gasteiger partial charge in [-0.15, -0.1) is 65.4 Å². The predicted octanol–water partition coefficient (Wildman–Crippen LogP) is 12.4. The van der Waals surface area contributed by atoms with Crippen molar-refractivity contribution in [1.29, 1.82) is 0 Å². The molecule has 4 aromatic heterocycles. The number of rotatable bonds is 3. The summed E-state index contributed by atoms with van der Waals surface area (Å²) >= 11 is 1.80. The zero-order chi connectivity index (χ0) is 33.6. The normalized spacial score (nSPS) is 11.4. The van der Waals surface area contributed by atoms with Gasteiger partial charge in [-0.2, -0.15) is 0 Å². The van der Waals surface area contributed by atoms with Gasteiger partial charge >= 0.3 is 0 Å². The molecule has 247 valence electrons. The van der Waals surface area contributed by atoms with E-state index in [1.165, 1.54) is 48.3 Å². The first kappa shape index (κ1) is 34.5. The number of nitrogens with zero attached hydrogens (tertiary/aromatic N) is 2. The minimum absolute atomic E-state index is 0. The number of furan rings is 1. The van der Waals surface area contributed by atoms with Crippen LogP contribution >= 0.6 is 11.3 Å². The summed E-state index contributed by atoms with van der Waals surface area (Å²) in [5.41, 5.74) is 13.0. The zero-order valence-corrected chi connectivity index (χ0v) is 32.1. The van der Waals surface area contributed by atoms with Gasteiger partial charge in [-0.05, 0) is 101 Å². The molecule has 3 nitrogen and oxygen atoms in total. The van der Waals surface area contributed by atoms with Gasteiger partial charge in [-0.25, -0.2) is 0 Å². The molecule has 4 heterocycles. The smallest absolute Gasteiger partial charge is 0.122 e. The van der Waals surface area contributed by atoms with Crippen LogP contribution < -0.4 is 0 Å². The fraction of sp³-hybridized carbons (Fsp3) is 0.182. The Kier molecular flexibility index (Phi) is 9.73. The average molecular weight is 835 g/mol. The monoisotopic (exact) mass is 835 g/mol.